The second kappa shape index (κ2) is 5.81. The van der Waals surface area contributed by atoms with Crippen LogP contribution in [0, 0.1) is 0 Å². The van der Waals surface area contributed by atoms with Crippen LogP contribution in [0.3, 0.4) is 0 Å². The molecule has 0 unspecified atom stereocenters. The molecule has 138 valence electrons. The summed E-state index contributed by atoms with van der Waals surface area (Å²) < 4.78 is 42.4. The molecule has 2 aromatic carbocycles. The molecule has 0 atom stereocenters. The van der Waals surface area contributed by atoms with Crippen LogP contribution in [-0.4, -0.2) is 35.2 Å². The van der Waals surface area contributed by atoms with Gasteiger partial charge in [-0.25, -0.2) is 17.6 Å². The van der Waals surface area contributed by atoms with E-state index in [1.54, 1.807) is 48.5 Å². The Balaban J connectivity index is 2.16. The van der Waals surface area contributed by atoms with Crippen LogP contribution in [0.2, 0.25) is 0 Å². The van der Waals surface area contributed by atoms with E-state index in [-0.39, 0.29) is 11.1 Å². The van der Waals surface area contributed by atoms with Crippen molar-refractivity contribution in [2.75, 3.05) is 5.75 Å². The average Bonchev–Trinajstić information content (AvgIpc) is 2.75. The molecule has 1 aliphatic carbocycles. The molecule has 26 heavy (non-hydrogen) atoms. The highest BCUT2D eigenvalue weighted by molar-refractivity contribution is 7.89. The van der Waals surface area contributed by atoms with E-state index >= 15 is 4.39 Å². The zero-order valence-corrected chi connectivity index (χ0v) is 15.5. The number of benzene rings is 2. The van der Waals surface area contributed by atoms with Gasteiger partial charge < -0.3 is 5.11 Å². The van der Waals surface area contributed by atoms with Crippen molar-refractivity contribution in [1.82, 2.24) is 4.31 Å². The molecule has 7 heteroatoms. The molecule has 5 nitrogen and oxygen atoms in total. The van der Waals surface area contributed by atoms with E-state index < -0.39 is 33.1 Å². The van der Waals surface area contributed by atoms with E-state index in [4.69, 9.17) is 0 Å². The van der Waals surface area contributed by atoms with Crippen LogP contribution in [0.4, 0.5) is 9.18 Å². The molecule has 0 spiro atoms. The van der Waals surface area contributed by atoms with Crippen molar-refractivity contribution in [3.63, 3.8) is 0 Å². The number of alkyl halides is 1. The summed E-state index contributed by atoms with van der Waals surface area (Å²) in [6.07, 6.45) is -1.62. The zero-order valence-electron chi connectivity index (χ0n) is 14.7. The maximum absolute atomic E-state index is 16.2. The van der Waals surface area contributed by atoms with Gasteiger partial charge in [0.1, 0.15) is 5.75 Å². The number of carboxylic acid groups (broad SMARTS) is 1. The van der Waals surface area contributed by atoms with Crippen molar-refractivity contribution in [1.29, 1.82) is 0 Å². The van der Waals surface area contributed by atoms with Gasteiger partial charge in [0.05, 0.1) is 5.54 Å². The van der Waals surface area contributed by atoms with Gasteiger partial charge in [-0.05, 0) is 31.9 Å². The highest BCUT2D eigenvalue weighted by Gasteiger charge is 2.50. The van der Waals surface area contributed by atoms with E-state index in [9.17, 15) is 18.3 Å². The lowest BCUT2D eigenvalue weighted by molar-refractivity contribution is 0.145. The summed E-state index contributed by atoms with van der Waals surface area (Å²) in [5.74, 6) is -0.975. The Morgan fingerprint density at radius 2 is 1.46 bits per heavy atom. The van der Waals surface area contributed by atoms with Crippen LogP contribution in [0.25, 0.3) is 11.1 Å². The van der Waals surface area contributed by atoms with Crippen molar-refractivity contribution in [3.05, 3.63) is 59.7 Å². The molecular formula is C19H20FNO4S. The van der Waals surface area contributed by atoms with Gasteiger partial charge >= 0.3 is 6.09 Å². The molecule has 1 amide bonds. The van der Waals surface area contributed by atoms with Crippen LogP contribution >= 0.6 is 0 Å². The van der Waals surface area contributed by atoms with Crippen molar-refractivity contribution < 1.29 is 22.7 Å². The summed E-state index contributed by atoms with van der Waals surface area (Å²) in [6, 6.07) is 13.4. The lowest BCUT2D eigenvalue weighted by atomic mass is 9.96. The Morgan fingerprint density at radius 3 is 1.85 bits per heavy atom. The van der Waals surface area contributed by atoms with E-state index in [1.807, 2.05) is 0 Å². The summed E-state index contributed by atoms with van der Waals surface area (Å²) in [5.41, 5.74) is -1.81. The number of hydrogen-bond acceptors (Lipinski definition) is 3. The first-order valence-corrected chi connectivity index (χ1v) is 9.74. The quantitative estimate of drug-likeness (QED) is 0.878. The predicted molar refractivity (Wildman–Crippen MR) is 97.2 cm³/mol. The zero-order chi connectivity index (χ0) is 19.3. The Labute approximate surface area is 152 Å². The Morgan fingerprint density at radius 1 is 1.04 bits per heavy atom. The fourth-order valence-electron chi connectivity index (χ4n) is 3.57. The number of halogens is 1. The Kier molecular flexibility index (Phi) is 4.10. The largest absolute Gasteiger partial charge is 0.464 e. The van der Waals surface area contributed by atoms with Gasteiger partial charge in [-0.15, -0.1) is 0 Å². The molecule has 2 aromatic rings. The first kappa shape index (κ1) is 18.4. The summed E-state index contributed by atoms with van der Waals surface area (Å²) >= 11 is 0. The molecular weight excluding hydrogens is 357 g/mol. The van der Waals surface area contributed by atoms with Crippen molar-refractivity contribution in [2.45, 2.75) is 32.0 Å². The van der Waals surface area contributed by atoms with Crippen LogP contribution in [-0.2, 0) is 15.7 Å². The van der Waals surface area contributed by atoms with Crippen molar-refractivity contribution in [2.24, 2.45) is 0 Å². The molecule has 0 heterocycles. The summed E-state index contributed by atoms with van der Waals surface area (Å²) in [7, 11) is -4.45. The topological polar surface area (TPSA) is 74.7 Å². The van der Waals surface area contributed by atoms with E-state index in [2.05, 4.69) is 0 Å². The molecule has 0 saturated carbocycles. The molecule has 0 fully saturated rings. The van der Waals surface area contributed by atoms with Crippen molar-refractivity contribution >= 4 is 16.1 Å². The average molecular weight is 377 g/mol. The van der Waals surface area contributed by atoms with Crippen LogP contribution in [0.15, 0.2) is 48.5 Å². The van der Waals surface area contributed by atoms with Crippen molar-refractivity contribution in [3.8, 4) is 11.1 Å². The third-order valence-electron chi connectivity index (χ3n) is 4.44. The van der Waals surface area contributed by atoms with Gasteiger partial charge in [0.2, 0.25) is 10.0 Å². The number of fused-ring (bicyclic) bond motifs is 3. The molecule has 0 aliphatic heterocycles. The highest BCUT2D eigenvalue weighted by Crippen LogP contribution is 2.50. The maximum atomic E-state index is 16.2. The summed E-state index contributed by atoms with van der Waals surface area (Å²) in [6.45, 7) is 4.38. The third-order valence-corrected chi connectivity index (χ3v) is 6.46. The summed E-state index contributed by atoms with van der Waals surface area (Å²) in [5, 5.41) is 9.42. The lowest BCUT2D eigenvalue weighted by Crippen LogP contribution is -2.51. The minimum absolute atomic E-state index is 0.240. The van der Waals surface area contributed by atoms with E-state index in [1.165, 1.54) is 20.8 Å². The number of carbonyl (C=O) groups is 1. The van der Waals surface area contributed by atoms with Crippen LogP contribution in [0.5, 0.6) is 0 Å². The van der Waals surface area contributed by atoms with Gasteiger partial charge in [-0.2, -0.15) is 4.31 Å². The smallest absolute Gasteiger partial charge is 0.421 e. The molecule has 0 saturated heterocycles. The Hall–Kier alpha value is -2.41. The van der Waals surface area contributed by atoms with Crippen LogP contribution in [0.1, 0.15) is 31.9 Å². The number of sulfonamides is 1. The second-order valence-corrected chi connectivity index (χ2v) is 9.18. The minimum atomic E-state index is -4.45. The summed E-state index contributed by atoms with van der Waals surface area (Å²) in [4.78, 5) is 11.6. The maximum Gasteiger partial charge on any atom is 0.421 e. The first-order valence-electron chi connectivity index (χ1n) is 8.13. The molecule has 0 radical (unpaired) electrons. The second-order valence-electron chi connectivity index (χ2n) is 7.37. The highest BCUT2D eigenvalue weighted by atomic mass is 32.2. The third kappa shape index (κ3) is 2.76. The normalized spacial score (nSPS) is 15.2. The number of nitrogens with zero attached hydrogens (tertiary/aromatic N) is 1. The van der Waals surface area contributed by atoms with Gasteiger partial charge in [-0.3, -0.25) is 0 Å². The van der Waals surface area contributed by atoms with Gasteiger partial charge in [0, 0.05) is 11.1 Å². The van der Waals surface area contributed by atoms with E-state index in [0.29, 0.717) is 15.4 Å². The first-order chi connectivity index (χ1) is 12.0. The molecule has 3 rings (SSSR count). The lowest BCUT2D eigenvalue weighted by Gasteiger charge is -2.34. The van der Waals surface area contributed by atoms with Gasteiger partial charge in [-0.1, -0.05) is 48.5 Å². The molecule has 0 aromatic heterocycles. The van der Waals surface area contributed by atoms with E-state index in [0.717, 1.165) is 0 Å². The standard InChI is InChI=1S/C19H20FNO4S/c1-18(2,3)21(17(22)23)26(24,25)12-19(20)15-10-6-4-8-13(15)14-9-5-7-11-16(14)19/h4-11H,12H2,1-3H3,(H,22,23). The molecule has 1 aliphatic rings. The number of hydrogen-bond donors (Lipinski definition) is 1. The monoisotopic (exact) mass is 377 g/mol. The molecule has 0 bridgehead atoms. The van der Waals surface area contributed by atoms with Crippen LogP contribution < -0.4 is 0 Å². The SMILES string of the molecule is CC(C)(C)N(C(=O)O)S(=O)(=O)CC1(F)c2ccccc2-c2ccccc21. The fourth-order valence-corrected chi connectivity index (χ4v) is 5.58. The minimum Gasteiger partial charge on any atom is -0.464 e. The van der Waals surface area contributed by atoms with Gasteiger partial charge in [0.15, 0.2) is 5.67 Å². The number of rotatable bonds is 3. The van der Waals surface area contributed by atoms with Gasteiger partial charge in [0.25, 0.3) is 0 Å². The predicted octanol–water partition coefficient (Wildman–Crippen LogP) is 3.99. The Bertz CT molecular complexity index is 934. The number of amides is 1. The fraction of sp³-hybridized carbons (Fsp3) is 0.316. The molecule has 1 N–H and O–H groups in total.